The Bertz CT molecular complexity index is 467. The first-order valence-electron chi connectivity index (χ1n) is 6.31. The van der Waals surface area contributed by atoms with E-state index < -0.39 is 5.91 Å². The molecule has 1 aliphatic rings. The minimum atomic E-state index is -0.434. The standard InChI is InChI=1S/C12H20N4OS2/c1-3-15-4-6-16(7-5-15)12-10(18-2)8(13)9(19-12)11(14)17/h3-7,13H2,1-2H3,(H2,14,17). The summed E-state index contributed by atoms with van der Waals surface area (Å²) in [4.78, 5) is 17.6. The zero-order valence-corrected chi connectivity index (χ0v) is 12.9. The van der Waals surface area contributed by atoms with Crippen molar-refractivity contribution in [3.05, 3.63) is 4.88 Å². The molecule has 0 saturated carbocycles. The van der Waals surface area contributed by atoms with Crippen LogP contribution in [0.4, 0.5) is 10.7 Å². The minimum absolute atomic E-state index is 0.434. The number of primary amides is 1. The maximum absolute atomic E-state index is 11.4. The van der Waals surface area contributed by atoms with Gasteiger partial charge in [0, 0.05) is 26.2 Å². The summed E-state index contributed by atoms with van der Waals surface area (Å²) in [6, 6.07) is 0. The largest absolute Gasteiger partial charge is 0.396 e. The predicted molar refractivity (Wildman–Crippen MR) is 83.4 cm³/mol. The van der Waals surface area contributed by atoms with Gasteiger partial charge in [-0.25, -0.2) is 0 Å². The van der Waals surface area contributed by atoms with Gasteiger partial charge in [0.15, 0.2) is 0 Å². The van der Waals surface area contributed by atoms with Crippen molar-refractivity contribution in [1.29, 1.82) is 0 Å². The second-order valence-electron chi connectivity index (χ2n) is 4.47. The van der Waals surface area contributed by atoms with Gasteiger partial charge in [-0.05, 0) is 12.8 Å². The average molecular weight is 300 g/mol. The van der Waals surface area contributed by atoms with E-state index in [0.717, 1.165) is 42.6 Å². The van der Waals surface area contributed by atoms with Gasteiger partial charge < -0.3 is 21.3 Å². The highest BCUT2D eigenvalue weighted by Crippen LogP contribution is 2.43. The number of carbonyl (C=O) groups excluding carboxylic acids is 1. The molecule has 5 nitrogen and oxygen atoms in total. The number of hydrogen-bond donors (Lipinski definition) is 2. The molecule has 0 unspecified atom stereocenters. The highest BCUT2D eigenvalue weighted by molar-refractivity contribution is 7.99. The van der Waals surface area contributed by atoms with E-state index in [1.807, 2.05) is 6.26 Å². The molecule has 0 radical (unpaired) electrons. The third-order valence-electron chi connectivity index (χ3n) is 3.42. The minimum Gasteiger partial charge on any atom is -0.396 e. The van der Waals surface area contributed by atoms with Crippen LogP contribution in [0.2, 0.25) is 0 Å². The van der Waals surface area contributed by atoms with Crippen LogP contribution < -0.4 is 16.4 Å². The quantitative estimate of drug-likeness (QED) is 0.820. The number of nitrogens with zero attached hydrogens (tertiary/aromatic N) is 2. The van der Waals surface area contributed by atoms with Crippen molar-refractivity contribution in [3.63, 3.8) is 0 Å². The molecule has 1 saturated heterocycles. The number of rotatable bonds is 4. The molecule has 1 fully saturated rings. The van der Waals surface area contributed by atoms with Crippen LogP contribution in [0.5, 0.6) is 0 Å². The molecular weight excluding hydrogens is 280 g/mol. The molecule has 1 amide bonds. The molecule has 2 heterocycles. The smallest absolute Gasteiger partial charge is 0.261 e. The maximum Gasteiger partial charge on any atom is 0.261 e. The van der Waals surface area contributed by atoms with E-state index in [1.54, 1.807) is 11.8 Å². The molecular formula is C12H20N4OS2. The Hall–Kier alpha value is -0.920. The number of amides is 1. The summed E-state index contributed by atoms with van der Waals surface area (Å²) in [6.45, 7) is 7.31. The molecule has 0 atom stereocenters. The zero-order chi connectivity index (χ0) is 14.0. The van der Waals surface area contributed by atoms with Crippen molar-refractivity contribution in [2.45, 2.75) is 11.8 Å². The molecule has 106 valence electrons. The molecule has 0 spiro atoms. The third kappa shape index (κ3) is 2.82. The summed E-state index contributed by atoms with van der Waals surface area (Å²) < 4.78 is 0. The zero-order valence-electron chi connectivity index (χ0n) is 11.3. The van der Waals surface area contributed by atoms with E-state index in [9.17, 15) is 4.79 Å². The number of anilines is 2. The van der Waals surface area contributed by atoms with Gasteiger partial charge in [0.2, 0.25) is 0 Å². The molecule has 2 rings (SSSR count). The number of carbonyl (C=O) groups is 1. The van der Waals surface area contributed by atoms with Gasteiger partial charge in [-0.3, -0.25) is 4.79 Å². The average Bonchev–Trinajstić information content (AvgIpc) is 2.76. The lowest BCUT2D eigenvalue weighted by atomic mass is 10.3. The van der Waals surface area contributed by atoms with Crippen molar-refractivity contribution in [2.75, 3.05) is 49.6 Å². The van der Waals surface area contributed by atoms with Gasteiger partial charge in [0.1, 0.15) is 9.88 Å². The van der Waals surface area contributed by atoms with Crippen molar-refractivity contribution >= 4 is 39.7 Å². The maximum atomic E-state index is 11.4. The van der Waals surface area contributed by atoms with Crippen LogP contribution in [0.1, 0.15) is 16.6 Å². The van der Waals surface area contributed by atoms with Crippen molar-refractivity contribution in [2.24, 2.45) is 5.73 Å². The van der Waals surface area contributed by atoms with Crippen molar-refractivity contribution in [1.82, 2.24) is 4.90 Å². The first-order chi connectivity index (χ1) is 9.08. The second kappa shape index (κ2) is 6.02. The van der Waals surface area contributed by atoms with Crippen LogP contribution in [0.25, 0.3) is 0 Å². The van der Waals surface area contributed by atoms with Crippen LogP contribution in [-0.2, 0) is 0 Å². The third-order valence-corrected chi connectivity index (χ3v) is 5.65. The Balaban J connectivity index is 2.25. The summed E-state index contributed by atoms with van der Waals surface area (Å²) in [5, 5.41) is 1.09. The molecule has 1 aromatic rings. The summed E-state index contributed by atoms with van der Waals surface area (Å²) in [6.07, 6.45) is 1.98. The molecule has 4 N–H and O–H groups in total. The molecule has 0 aromatic carbocycles. The number of hydrogen-bond acceptors (Lipinski definition) is 6. The molecule has 0 aliphatic carbocycles. The molecule has 1 aromatic heterocycles. The monoisotopic (exact) mass is 300 g/mol. The topological polar surface area (TPSA) is 75.6 Å². The summed E-state index contributed by atoms with van der Waals surface area (Å²) >= 11 is 3.00. The van der Waals surface area contributed by atoms with Crippen LogP contribution in [-0.4, -0.2) is 49.8 Å². The Labute approximate surface area is 121 Å². The normalized spacial score (nSPS) is 16.8. The van der Waals surface area contributed by atoms with Gasteiger partial charge in [-0.15, -0.1) is 23.1 Å². The first kappa shape index (κ1) is 14.5. The van der Waals surface area contributed by atoms with E-state index in [1.165, 1.54) is 11.3 Å². The number of thiophene rings is 1. The Kier molecular flexibility index (Phi) is 4.59. The van der Waals surface area contributed by atoms with Crippen LogP contribution in [0, 0.1) is 0 Å². The van der Waals surface area contributed by atoms with E-state index in [0.29, 0.717) is 10.6 Å². The highest BCUT2D eigenvalue weighted by Gasteiger charge is 2.25. The summed E-state index contributed by atoms with van der Waals surface area (Å²) in [7, 11) is 0. The number of nitrogens with two attached hydrogens (primary N) is 2. The van der Waals surface area contributed by atoms with Crippen LogP contribution in [0.15, 0.2) is 4.90 Å². The highest BCUT2D eigenvalue weighted by atomic mass is 32.2. The number of piperazine rings is 1. The first-order valence-corrected chi connectivity index (χ1v) is 8.36. The lowest BCUT2D eigenvalue weighted by Crippen LogP contribution is -2.46. The van der Waals surface area contributed by atoms with E-state index in [2.05, 4.69) is 16.7 Å². The molecule has 7 heteroatoms. The van der Waals surface area contributed by atoms with Gasteiger partial charge in [0.05, 0.1) is 10.6 Å². The number of nitrogen functional groups attached to an aromatic ring is 1. The van der Waals surface area contributed by atoms with Gasteiger partial charge in [-0.1, -0.05) is 6.92 Å². The van der Waals surface area contributed by atoms with Gasteiger partial charge in [0.25, 0.3) is 5.91 Å². The van der Waals surface area contributed by atoms with E-state index in [-0.39, 0.29) is 0 Å². The van der Waals surface area contributed by atoms with Gasteiger partial charge >= 0.3 is 0 Å². The lowest BCUT2D eigenvalue weighted by Gasteiger charge is -2.35. The summed E-state index contributed by atoms with van der Waals surface area (Å²) in [5.74, 6) is -0.434. The number of likely N-dealkylation sites (N-methyl/N-ethyl adjacent to an activating group) is 1. The van der Waals surface area contributed by atoms with Crippen LogP contribution in [0.3, 0.4) is 0 Å². The number of thioether (sulfide) groups is 1. The fourth-order valence-corrected chi connectivity index (χ4v) is 4.36. The molecule has 19 heavy (non-hydrogen) atoms. The van der Waals surface area contributed by atoms with Crippen LogP contribution >= 0.6 is 23.1 Å². The Morgan fingerprint density at radius 3 is 2.47 bits per heavy atom. The lowest BCUT2D eigenvalue weighted by molar-refractivity contribution is 0.100. The molecule has 0 bridgehead atoms. The SMILES string of the molecule is CCN1CCN(c2sc(C(N)=O)c(N)c2SC)CC1. The van der Waals surface area contributed by atoms with Gasteiger partial charge in [-0.2, -0.15) is 0 Å². The van der Waals surface area contributed by atoms with E-state index >= 15 is 0 Å². The fourth-order valence-electron chi connectivity index (χ4n) is 2.27. The summed E-state index contributed by atoms with van der Waals surface area (Å²) in [5.41, 5.74) is 11.9. The van der Waals surface area contributed by atoms with Crippen molar-refractivity contribution < 1.29 is 4.79 Å². The Morgan fingerprint density at radius 1 is 1.37 bits per heavy atom. The van der Waals surface area contributed by atoms with E-state index in [4.69, 9.17) is 11.5 Å². The molecule has 1 aliphatic heterocycles. The fraction of sp³-hybridized carbons (Fsp3) is 0.583. The predicted octanol–water partition coefficient (Wildman–Crippen LogP) is 1.29. The second-order valence-corrected chi connectivity index (χ2v) is 6.28. The Morgan fingerprint density at radius 2 is 2.00 bits per heavy atom. The van der Waals surface area contributed by atoms with Crippen molar-refractivity contribution in [3.8, 4) is 0 Å².